The van der Waals surface area contributed by atoms with Crippen molar-refractivity contribution < 1.29 is 44.3 Å². The Morgan fingerprint density at radius 3 is 2.00 bits per heavy atom. The van der Waals surface area contributed by atoms with Gasteiger partial charge in [0.05, 0.1) is 28.7 Å². The zero-order valence-electron chi connectivity index (χ0n) is 17.6. The van der Waals surface area contributed by atoms with Gasteiger partial charge in [0.25, 0.3) is 0 Å². The van der Waals surface area contributed by atoms with Crippen molar-refractivity contribution in [1.82, 2.24) is 4.72 Å². The van der Waals surface area contributed by atoms with E-state index >= 15 is 0 Å². The fourth-order valence-electron chi connectivity index (χ4n) is 2.74. The molecular weight excluding hydrogens is 478 g/mol. The molecule has 0 fully saturated rings. The lowest BCUT2D eigenvalue weighted by Crippen LogP contribution is -2.41. The largest absolute Gasteiger partial charge is 0.494 e. The third kappa shape index (κ3) is 6.84. The predicted octanol–water partition coefficient (Wildman–Crippen LogP) is 4.74. The van der Waals surface area contributed by atoms with Gasteiger partial charge < -0.3 is 10.1 Å². The predicted molar refractivity (Wildman–Crippen MR) is 107 cm³/mol. The van der Waals surface area contributed by atoms with Gasteiger partial charge >= 0.3 is 12.4 Å². The Hall–Kier alpha value is -2.80. The third-order valence-electron chi connectivity index (χ3n) is 4.34. The maximum absolute atomic E-state index is 13.0. The molecule has 2 rings (SSSR count). The number of rotatable bonds is 7. The van der Waals surface area contributed by atoms with E-state index in [0.29, 0.717) is 30.1 Å². The van der Waals surface area contributed by atoms with Crippen LogP contribution in [0.1, 0.15) is 30.5 Å². The summed E-state index contributed by atoms with van der Waals surface area (Å²) >= 11 is 0. The minimum Gasteiger partial charge on any atom is -0.494 e. The number of carbonyl (C=O) groups excluding carboxylic acids is 1. The lowest BCUT2D eigenvalue weighted by Gasteiger charge is -2.17. The molecule has 0 bridgehead atoms. The molecule has 1 amide bonds. The van der Waals surface area contributed by atoms with E-state index in [1.165, 1.54) is 18.2 Å². The molecule has 1 atom stereocenters. The molecule has 0 aliphatic carbocycles. The molecule has 0 saturated heterocycles. The summed E-state index contributed by atoms with van der Waals surface area (Å²) in [4.78, 5) is 12.1. The van der Waals surface area contributed by atoms with Crippen molar-refractivity contribution in [1.29, 1.82) is 0 Å². The lowest BCUT2D eigenvalue weighted by molar-refractivity contribution is -0.143. The van der Waals surface area contributed by atoms with E-state index < -0.39 is 51.1 Å². The van der Waals surface area contributed by atoms with Crippen LogP contribution in [0.25, 0.3) is 0 Å². The summed E-state index contributed by atoms with van der Waals surface area (Å²) in [6, 6.07) is 2.98. The second kappa shape index (κ2) is 9.59. The van der Waals surface area contributed by atoms with Gasteiger partial charge in [-0.25, -0.2) is 8.42 Å². The molecular formula is C20H20F6N2O4S. The van der Waals surface area contributed by atoms with Gasteiger partial charge in [-0.3, -0.25) is 4.79 Å². The van der Waals surface area contributed by atoms with Gasteiger partial charge in [0.1, 0.15) is 5.75 Å². The highest BCUT2D eigenvalue weighted by Gasteiger charge is 2.37. The van der Waals surface area contributed by atoms with E-state index in [4.69, 9.17) is 4.74 Å². The smallest absolute Gasteiger partial charge is 0.416 e. The SMILES string of the molecule is CCOc1ccc(S(=O)(=O)N[C@@H](C)C(=O)Nc2cc(C(F)(F)F)cc(C(F)(F)F)c2)cc1C. The maximum atomic E-state index is 13.0. The molecule has 33 heavy (non-hydrogen) atoms. The molecule has 0 aliphatic rings. The van der Waals surface area contributed by atoms with Crippen LogP contribution in [0.5, 0.6) is 5.75 Å². The van der Waals surface area contributed by atoms with Crippen LogP contribution in [0, 0.1) is 6.92 Å². The van der Waals surface area contributed by atoms with Crippen LogP contribution < -0.4 is 14.8 Å². The summed E-state index contributed by atoms with van der Waals surface area (Å²) in [5, 5.41) is 1.89. The van der Waals surface area contributed by atoms with Crippen LogP contribution in [-0.4, -0.2) is 27.0 Å². The quantitative estimate of drug-likeness (QED) is 0.541. The number of anilines is 1. The van der Waals surface area contributed by atoms with E-state index in [-0.39, 0.29) is 11.0 Å². The number of hydrogen-bond donors (Lipinski definition) is 2. The molecule has 182 valence electrons. The Labute approximate surface area is 186 Å². The molecule has 6 nitrogen and oxygen atoms in total. The first-order chi connectivity index (χ1) is 15.0. The molecule has 0 aliphatic heterocycles. The first-order valence-electron chi connectivity index (χ1n) is 9.40. The second-order valence-electron chi connectivity index (χ2n) is 6.99. The van der Waals surface area contributed by atoms with E-state index in [1.54, 1.807) is 13.8 Å². The van der Waals surface area contributed by atoms with E-state index in [1.807, 2.05) is 10.0 Å². The van der Waals surface area contributed by atoms with Gasteiger partial charge in [-0.2, -0.15) is 31.1 Å². The number of ether oxygens (including phenoxy) is 1. The summed E-state index contributed by atoms with van der Waals surface area (Å²) in [6.45, 7) is 4.79. The molecule has 2 N–H and O–H groups in total. The Kier molecular flexibility index (Phi) is 7.69. The van der Waals surface area contributed by atoms with Crippen molar-refractivity contribution in [2.45, 2.75) is 44.1 Å². The molecule has 2 aromatic rings. The van der Waals surface area contributed by atoms with Gasteiger partial charge in [-0.05, 0) is 62.7 Å². The monoisotopic (exact) mass is 498 g/mol. The van der Waals surface area contributed by atoms with Gasteiger partial charge in [0.2, 0.25) is 15.9 Å². The summed E-state index contributed by atoms with van der Waals surface area (Å²) in [7, 11) is -4.24. The number of amides is 1. The highest BCUT2D eigenvalue weighted by Crippen LogP contribution is 2.37. The summed E-state index contributed by atoms with van der Waals surface area (Å²) < 4.78 is 110. The summed E-state index contributed by atoms with van der Waals surface area (Å²) in [6.07, 6.45) is -10.2. The standard InChI is InChI=1S/C20H20F6N2O4S/c1-4-32-17-6-5-16(7-11(17)2)33(30,31)28-12(3)18(29)27-15-9-13(19(21,22)23)8-14(10-15)20(24,25)26/h5-10,12,28H,4H2,1-3H3,(H,27,29)/t12-/m0/s1. The van der Waals surface area contributed by atoms with Gasteiger partial charge in [-0.1, -0.05) is 0 Å². The Balaban J connectivity index is 2.24. The van der Waals surface area contributed by atoms with Crippen molar-refractivity contribution in [3.05, 3.63) is 53.1 Å². The van der Waals surface area contributed by atoms with Crippen molar-refractivity contribution in [3.63, 3.8) is 0 Å². The van der Waals surface area contributed by atoms with E-state index in [9.17, 15) is 39.6 Å². The molecule has 2 aromatic carbocycles. The zero-order valence-corrected chi connectivity index (χ0v) is 18.4. The molecule has 0 heterocycles. The zero-order chi connectivity index (χ0) is 25.2. The molecule has 0 radical (unpaired) electrons. The number of hydrogen-bond acceptors (Lipinski definition) is 4. The van der Waals surface area contributed by atoms with Crippen molar-refractivity contribution in [2.75, 3.05) is 11.9 Å². The number of halogens is 6. The minimum atomic E-state index is -5.10. The molecule has 13 heteroatoms. The molecule has 0 spiro atoms. The van der Waals surface area contributed by atoms with Crippen LogP contribution in [0.4, 0.5) is 32.0 Å². The normalized spacial score (nSPS) is 13.5. The van der Waals surface area contributed by atoms with Crippen LogP contribution in [0.15, 0.2) is 41.3 Å². The first-order valence-corrected chi connectivity index (χ1v) is 10.9. The van der Waals surface area contributed by atoms with Crippen molar-refractivity contribution in [3.8, 4) is 5.75 Å². The third-order valence-corrected chi connectivity index (χ3v) is 5.88. The number of benzene rings is 2. The fourth-order valence-corrected chi connectivity index (χ4v) is 4.03. The van der Waals surface area contributed by atoms with Crippen LogP contribution in [-0.2, 0) is 27.2 Å². The van der Waals surface area contributed by atoms with E-state index in [2.05, 4.69) is 0 Å². The topological polar surface area (TPSA) is 84.5 Å². The number of carbonyl (C=O) groups is 1. The molecule has 0 saturated carbocycles. The second-order valence-corrected chi connectivity index (χ2v) is 8.70. The number of aryl methyl sites for hydroxylation is 1. The number of alkyl halides is 6. The maximum Gasteiger partial charge on any atom is 0.416 e. The number of nitrogens with one attached hydrogen (secondary N) is 2. The number of sulfonamides is 1. The van der Waals surface area contributed by atoms with Gasteiger partial charge in [-0.15, -0.1) is 0 Å². The fraction of sp³-hybridized carbons (Fsp3) is 0.350. The summed E-state index contributed by atoms with van der Waals surface area (Å²) in [5.74, 6) is -0.707. The Morgan fingerprint density at radius 2 is 1.55 bits per heavy atom. The van der Waals surface area contributed by atoms with Crippen molar-refractivity contribution in [2.24, 2.45) is 0 Å². The Morgan fingerprint density at radius 1 is 1.00 bits per heavy atom. The van der Waals surface area contributed by atoms with Crippen LogP contribution >= 0.6 is 0 Å². The highest BCUT2D eigenvalue weighted by atomic mass is 32.2. The van der Waals surface area contributed by atoms with E-state index in [0.717, 1.165) is 6.92 Å². The average Bonchev–Trinajstić information content (AvgIpc) is 2.67. The average molecular weight is 498 g/mol. The van der Waals surface area contributed by atoms with Gasteiger partial charge in [0, 0.05) is 5.69 Å². The lowest BCUT2D eigenvalue weighted by atomic mass is 10.1. The molecule has 0 unspecified atom stereocenters. The minimum absolute atomic E-state index is 0.0873. The Bertz CT molecular complexity index is 1100. The van der Waals surface area contributed by atoms with Crippen molar-refractivity contribution >= 4 is 21.6 Å². The van der Waals surface area contributed by atoms with Gasteiger partial charge in [0.15, 0.2) is 0 Å². The first kappa shape index (κ1) is 26.5. The highest BCUT2D eigenvalue weighted by molar-refractivity contribution is 7.89. The van der Waals surface area contributed by atoms with Crippen LogP contribution in [0.3, 0.4) is 0 Å². The summed E-state index contributed by atoms with van der Waals surface area (Å²) in [5.41, 5.74) is -3.53. The van der Waals surface area contributed by atoms with Crippen LogP contribution in [0.2, 0.25) is 0 Å². The molecule has 0 aromatic heterocycles.